The van der Waals surface area contributed by atoms with Crippen LogP contribution in [0.4, 0.5) is 0 Å². The molecule has 88 valence electrons. The van der Waals surface area contributed by atoms with Crippen molar-refractivity contribution in [2.75, 3.05) is 13.1 Å². The van der Waals surface area contributed by atoms with Gasteiger partial charge in [0.25, 0.3) is 0 Å². The van der Waals surface area contributed by atoms with E-state index in [0.717, 1.165) is 28.5 Å². The molecule has 0 spiro atoms. The van der Waals surface area contributed by atoms with Crippen LogP contribution in [-0.2, 0) is 0 Å². The fourth-order valence-electron chi connectivity index (χ4n) is 2.53. The summed E-state index contributed by atoms with van der Waals surface area (Å²) in [5, 5.41) is 4.27. The van der Waals surface area contributed by atoms with Gasteiger partial charge in [-0.25, -0.2) is 0 Å². The third kappa shape index (κ3) is 2.61. The predicted molar refractivity (Wildman–Crippen MR) is 73.2 cm³/mol. The summed E-state index contributed by atoms with van der Waals surface area (Å²) in [6.07, 6.45) is 2.46. The zero-order chi connectivity index (χ0) is 11.5. The summed E-state index contributed by atoms with van der Waals surface area (Å²) >= 11 is 9.54. The van der Waals surface area contributed by atoms with Gasteiger partial charge in [-0.2, -0.15) is 0 Å². The molecule has 16 heavy (non-hydrogen) atoms. The molecule has 1 N–H and O–H groups in total. The minimum atomic E-state index is 0.680. The number of hydrogen-bond acceptors (Lipinski definition) is 1. The first-order valence-electron chi connectivity index (χ1n) is 5.88. The van der Waals surface area contributed by atoms with Crippen molar-refractivity contribution in [3.63, 3.8) is 0 Å². The molecule has 2 rings (SSSR count). The van der Waals surface area contributed by atoms with Crippen LogP contribution in [0.25, 0.3) is 0 Å². The maximum Gasteiger partial charge on any atom is 0.0548 e. The quantitative estimate of drug-likeness (QED) is 0.863. The first kappa shape index (κ1) is 12.4. The van der Waals surface area contributed by atoms with Gasteiger partial charge >= 0.3 is 0 Å². The molecule has 0 aromatic heterocycles. The Labute approximate surface area is 111 Å². The van der Waals surface area contributed by atoms with E-state index in [2.05, 4.69) is 40.3 Å². The zero-order valence-corrected chi connectivity index (χ0v) is 11.8. The number of piperidine rings is 1. The molecular weight excluding hydrogens is 286 g/mol. The second-order valence-corrected chi connectivity index (χ2v) is 5.70. The average molecular weight is 303 g/mol. The molecule has 2 atom stereocenters. The van der Waals surface area contributed by atoms with E-state index < -0.39 is 0 Å². The SMILES string of the molecule is CCC1CNCCC1c1ccc(Cl)c(Br)c1. The van der Waals surface area contributed by atoms with Crippen molar-refractivity contribution in [1.29, 1.82) is 0 Å². The molecule has 1 fully saturated rings. The molecule has 0 aliphatic carbocycles. The van der Waals surface area contributed by atoms with Crippen molar-refractivity contribution in [2.45, 2.75) is 25.7 Å². The van der Waals surface area contributed by atoms with Crippen LogP contribution >= 0.6 is 27.5 Å². The topological polar surface area (TPSA) is 12.0 Å². The predicted octanol–water partition coefficient (Wildman–Crippen LogP) is 4.21. The van der Waals surface area contributed by atoms with E-state index in [-0.39, 0.29) is 0 Å². The minimum Gasteiger partial charge on any atom is -0.316 e. The highest BCUT2D eigenvalue weighted by Gasteiger charge is 2.25. The Balaban J connectivity index is 2.23. The molecule has 0 amide bonds. The van der Waals surface area contributed by atoms with Gasteiger partial charge in [-0.1, -0.05) is 31.0 Å². The smallest absolute Gasteiger partial charge is 0.0548 e. The van der Waals surface area contributed by atoms with Gasteiger partial charge < -0.3 is 5.32 Å². The van der Waals surface area contributed by atoms with Gasteiger partial charge in [-0.05, 0) is 65.0 Å². The van der Waals surface area contributed by atoms with E-state index in [0.29, 0.717) is 5.92 Å². The molecule has 0 bridgehead atoms. The summed E-state index contributed by atoms with van der Waals surface area (Å²) in [7, 11) is 0. The van der Waals surface area contributed by atoms with Crippen LogP contribution < -0.4 is 5.32 Å². The van der Waals surface area contributed by atoms with Crippen molar-refractivity contribution in [2.24, 2.45) is 5.92 Å². The first-order chi connectivity index (χ1) is 7.72. The lowest BCUT2D eigenvalue weighted by Crippen LogP contribution is -2.35. The van der Waals surface area contributed by atoms with Crippen molar-refractivity contribution >= 4 is 27.5 Å². The maximum atomic E-state index is 6.03. The number of nitrogens with one attached hydrogen (secondary N) is 1. The van der Waals surface area contributed by atoms with Crippen LogP contribution in [0.2, 0.25) is 5.02 Å². The molecule has 1 aliphatic rings. The zero-order valence-electron chi connectivity index (χ0n) is 9.47. The Morgan fingerprint density at radius 3 is 3.00 bits per heavy atom. The van der Waals surface area contributed by atoms with Crippen LogP contribution in [-0.4, -0.2) is 13.1 Å². The Bertz CT molecular complexity index is 367. The van der Waals surface area contributed by atoms with E-state index >= 15 is 0 Å². The molecule has 1 aromatic carbocycles. The lowest BCUT2D eigenvalue weighted by atomic mass is 9.80. The van der Waals surface area contributed by atoms with Gasteiger partial charge in [0.2, 0.25) is 0 Å². The van der Waals surface area contributed by atoms with Crippen molar-refractivity contribution in [3.05, 3.63) is 33.3 Å². The normalized spacial score (nSPS) is 25.7. The molecule has 1 nitrogen and oxygen atoms in total. The Hall–Kier alpha value is -0.0500. The Morgan fingerprint density at radius 1 is 1.50 bits per heavy atom. The number of rotatable bonds is 2. The molecule has 3 heteroatoms. The fraction of sp³-hybridized carbons (Fsp3) is 0.538. The largest absolute Gasteiger partial charge is 0.316 e. The number of benzene rings is 1. The van der Waals surface area contributed by atoms with E-state index in [4.69, 9.17) is 11.6 Å². The van der Waals surface area contributed by atoms with Crippen LogP contribution in [0.15, 0.2) is 22.7 Å². The van der Waals surface area contributed by atoms with E-state index in [1.807, 2.05) is 6.07 Å². The van der Waals surface area contributed by atoms with Crippen molar-refractivity contribution < 1.29 is 0 Å². The van der Waals surface area contributed by atoms with Crippen LogP contribution in [0.5, 0.6) is 0 Å². The third-order valence-corrected chi connectivity index (χ3v) is 4.72. The number of hydrogen-bond donors (Lipinski definition) is 1. The van der Waals surface area contributed by atoms with Gasteiger partial charge in [0.1, 0.15) is 0 Å². The first-order valence-corrected chi connectivity index (χ1v) is 7.05. The Kier molecular flexibility index (Phi) is 4.28. The van der Waals surface area contributed by atoms with Crippen LogP contribution in [0.1, 0.15) is 31.2 Å². The summed E-state index contributed by atoms with van der Waals surface area (Å²) in [6, 6.07) is 6.35. The molecule has 1 heterocycles. The lowest BCUT2D eigenvalue weighted by molar-refractivity contribution is 0.318. The molecule has 0 saturated carbocycles. The molecule has 1 aromatic rings. The summed E-state index contributed by atoms with van der Waals surface area (Å²) < 4.78 is 1.01. The monoisotopic (exact) mass is 301 g/mol. The third-order valence-electron chi connectivity index (χ3n) is 3.50. The molecular formula is C13H17BrClN. The summed E-state index contributed by atoms with van der Waals surface area (Å²) in [5.74, 6) is 1.43. The average Bonchev–Trinajstić information content (AvgIpc) is 2.32. The minimum absolute atomic E-state index is 0.680. The Morgan fingerprint density at radius 2 is 2.31 bits per heavy atom. The van der Waals surface area contributed by atoms with E-state index in [1.54, 1.807) is 0 Å². The van der Waals surface area contributed by atoms with Gasteiger partial charge in [0, 0.05) is 4.47 Å². The van der Waals surface area contributed by atoms with Gasteiger partial charge in [-0.15, -0.1) is 0 Å². The van der Waals surface area contributed by atoms with Gasteiger partial charge in [-0.3, -0.25) is 0 Å². The lowest BCUT2D eigenvalue weighted by Gasteiger charge is -2.32. The van der Waals surface area contributed by atoms with Crippen molar-refractivity contribution in [1.82, 2.24) is 5.32 Å². The maximum absolute atomic E-state index is 6.03. The highest BCUT2D eigenvalue weighted by Crippen LogP contribution is 2.35. The summed E-state index contributed by atoms with van der Waals surface area (Å²) in [5.41, 5.74) is 1.42. The van der Waals surface area contributed by atoms with Crippen molar-refractivity contribution in [3.8, 4) is 0 Å². The molecule has 1 saturated heterocycles. The highest BCUT2D eigenvalue weighted by molar-refractivity contribution is 9.10. The van der Waals surface area contributed by atoms with Crippen LogP contribution in [0.3, 0.4) is 0 Å². The van der Waals surface area contributed by atoms with Crippen LogP contribution in [0, 0.1) is 5.92 Å². The van der Waals surface area contributed by atoms with E-state index in [1.165, 1.54) is 18.4 Å². The second kappa shape index (κ2) is 5.52. The molecule has 0 radical (unpaired) electrons. The second-order valence-electron chi connectivity index (χ2n) is 4.44. The molecule has 1 aliphatic heterocycles. The summed E-state index contributed by atoms with van der Waals surface area (Å²) in [4.78, 5) is 0. The van der Waals surface area contributed by atoms with Gasteiger partial charge in [0.05, 0.1) is 5.02 Å². The van der Waals surface area contributed by atoms with Gasteiger partial charge in [0.15, 0.2) is 0 Å². The number of halogens is 2. The fourth-order valence-corrected chi connectivity index (χ4v) is 3.05. The van der Waals surface area contributed by atoms with E-state index in [9.17, 15) is 0 Å². The standard InChI is InChI=1S/C13H17BrClN/c1-2-9-8-16-6-5-11(9)10-3-4-13(15)12(14)7-10/h3-4,7,9,11,16H,2,5-6,8H2,1H3. The summed E-state index contributed by atoms with van der Waals surface area (Å²) in [6.45, 7) is 4.54. The highest BCUT2D eigenvalue weighted by atomic mass is 79.9. The molecule has 2 unspecified atom stereocenters.